The minimum Gasteiger partial charge on any atom is -0.492 e. The lowest BCUT2D eigenvalue weighted by molar-refractivity contribution is 0.0208. The summed E-state index contributed by atoms with van der Waals surface area (Å²) in [7, 11) is 0. The number of ether oxygens (including phenoxy) is 1. The molecule has 0 aromatic carbocycles. The summed E-state index contributed by atoms with van der Waals surface area (Å²) in [4.78, 5) is 0. The fraction of sp³-hybridized carbons (Fsp3) is 0.733. The van der Waals surface area contributed by atoms with Crippen LogP contribution in [0.3, 0.4) is 0 Å². The van der Waals surface area contributed by atoms with Gasteiger partial charge in [-0.2, -0.15) is 0 Å². The Bertz CT molecular complexity index is 584. The summed E-state index contributed by atoms with van der Waals surface area (Å²) < 4.78 is 7.74. The van der Waals surface area contributed by atoms with E-state index in [1.807, 2.05) is 18.5 Å². The molecule has 0 unspecified atom stereocenters. The lowest BCUT2D eigenvalue weighted by atomic mass is 10.0. The van der Waals surface area contributed by atoms with Gasteiger partial charge in [0.05, 0.1) is 18.2 Å². The summed E-state index contributed by atoms with van der Waals surface area (Å²) in [5.74, 6) is 0.910. The molecule has 0 amide bonds. The number of aromatic nitrogens is 3. The molecule has 4 rings (SSSR count). The molecular weight excluding hydrogens is 254 g/mol. The summed E-state index contributed by atoms with van der Waals surface area (Å²) in [6.07, 6.45) is 7.30. The van der Waals surface area contributed by atoms with Crippen LogP contribution in [0.25, 0.3) is 5.76 Å². The molecule has 0 saturated heterocycles. The van der Waals surface area contributed by atoms with Gasteiger partial charge in [-0.05, 0) is 52.0 Å². The molecule has 0 radical (unpaired) electrons. The lowest BCUT2D eigenvalue weighted by Crippen LogP contribution is -2.32. The van der Waals surface area contributed by atoms with Crippen molar-refractivity contribution in [1.29, 1.82) is 0 Å². The van der Waals surface area contributed by atoms with Gasteiger partial charge in [-0.3, -0.25) is 0 Å². The molecule has 3 aliphatic carbocycles. The lowest BCUT2D eigenvalue weighted by Gasteiger charge is -2.26. The molecule has 5 heteroatoms. The molecule has 20 heavy (non-hydrogen) atoms. The zero-order chi connectivity index (χ0) is 14.0. The maximum Gasteiger partial charge on any atom is 0.143 e. The maximum atomic E-state index is 10.6. The zero-order valence-electron chi connectivity index (χ0n) is 12.1. The van der Waals surface area contributed by atoms with Crippen LogP contribution in [0.1, 0.15) is 63.4 Å². The highest BCUT2D eigenvalue weighted by Gasteiger charge is 2.53. The SMILES string of the molecule is CCOC1=CC2(CC2)c2nnn([C@@H]3CCC[C@@]3(C)O)c21. The Balaban J connectivity index is 1.80. The normalized spacial score (nSPS) is 33.4. The van der Waals surface area contributed by atoms with Crippen LogP contribution < -0.4 is 0 Å². The van der Waals surface area contributed by atoms with Crippen molar-refractivity contribution in [2.24, 2.45) is 0 Å². The van der Waals surface area contributed by atoms with Crippen LogP contribution in [0.15, 0.2) is 6.08 Å². The fourth-order valence-corrected chi connectivity index (χ4v) is 3.76. The second-order valence-electron chi connectivity index (χ2n) is 6.59. The van der Waals surface area contributed by atoms with Crippen LogP contribution in [0, 0.1) is 0 Å². The van der Waals surface area contributed by atoms with Crippen LogP contribution in [0.5, 0.6) is 0 Å². The van der Waals surface area contributed by atoms with E-state index in [0.717, 1.165) is 49.3 Å². The molecular formula is C15H21N3O2. The molecule has 1 aromatic heterocycles. The van der Waals surface area contributed by atoms with Gasteiger partial charge in [-0.25, -0.2) is 4.68 Å². The molecule has 1 aromatic rings. The van der Waals surface area contributed by atoms with E-state index in [1.54, 1.807) is 0 Å². The first kappa shape index (κ1) is 12.4. The van der Waals surface area contributed by atoms with Crippen LogP contribution in [-0.2, 0) is 10.2 Å². The zero-order valence-corrected chi connectivity index (χ0v) is 12.1. The first-order valence-corrected chi connectivity index (χ1v) is 7.61. The van der Waals surface area contributed by atoms with E-state index in [4.69, 9.17) is 4.74 Å². The Morgan fingerprint density at radius 3 is 2.85 bits per heavy atom. The molecule has 1 N–H and O–H groups in total. The molecule has 0 bridgehead atoms. The van der Waals surface area contributed by atoms with Gasteiger partial charge in [0.2, 0.25) is 0 Å². The molecule has 3 aliphatic rings. The summed E-state index contributed by atoms with van der Waals surface area (Å²) in [5.41, 5.74) is 1.46. The van der Waals surface area contributed by atoms with Crippen molar-refractivity contribution in [3.8, 4) is 0 Å². The third-order valence-corrected chi connectivity index (χ3v) is 5.07. The van der Waals surface area contributed by atoms with Crippen molar-refractivity contribution >= 4 is 5.76 Å². The van der Waals surface area contributed by atoms with E-state index < -0.39 is 5.60 Å². The molecule has 5 nitrogen and oxygen atoms in total. The van der Waals surface area contributed by atoms with E-state index in [-0.39, 0.29) is 11.5 Å². The van der Waals surface area contributed by atoms with Crippen LogP contribution in [0.2, 0.25) is 0 Å². The number of rotatable bonds is 3. The minimum absolute atomic E-state index is 0.0107. The Morgan fingerprint density at radius 2 is 2.25 bits per heavy atom. The van der Waals surface area contributed by atoms with Gasteiger partial charge < -0.3 is 9.84 Å². The minimum atomic E-state index is -0.696. The summed E-state index contributed by atoms with van der Waals surface area (Å²) in [6.45, 7) is 4.55. The molecule has 1 spiro atoms. The Labute approximate surface area is 118 Å². The summed E-state index contributed by atoms with van der Waals surface area (Å²) in [5, 5.41) is 19.4. The second-order valence-corrected chi connectivity index (χ2v) is 6.59. The van der Waals surface area contributed by atoms with Gasteiger partial charge in [-0.1, -0.05) is 5.21 Å². The highest BCUT2D eigenvalue weighted by Crippen LogP contribution is 2.56. The van der Waals surface area contributed by atoms with Crippen LogP contribution >= 0.6 is 0 Å². The van der Waals surface area contributed by atoms with Crippen molar-refractivity contribution in [2.75, 3.05) is 6.61 Å². The Hall–Kier alpha value is -1.36. The van der Waals surface area contributed by atoms with Crippen molar-refractivity contribution in [2.45, 2.75) is 63.0 Å². The van der Waals surface area contributed by atoms with Gasteiger partial charge in [0.1, 0.15) is 17.1 Å². The topological polar surface area (TPSA) is 60.2 Å². The molecule has 2 fully saturated rings. The van der Waals surface area contributed by atoms with Gasteiger partial charge in [0.15, 0.2) is 0 Å². The van der Waals surface area contributed by atoms with Crippen LogP contribution in [0.4, 0.5) is 0 Å². The average Bonchev–Trinajstić information content (AvgIpc) is 2.78. The van der Waals surface area contributed by atoms with E-state index in [2.05, 4.69) is 16.4 Å². The van der Waals surface area contributed by atoms with E-state index in [9.17, 15) is 5.11 Å². The number of hydrogen-bond donors (Lipinski definition) is 1. The van der Waals surface area contributed by atoms with E-state index >= 15 is 0 Å². The number of aliphatic hydroxyl groups is 1. The number of fused-ring (bicyclic) bond motifs is 2. The third kappa shape index (κ3) is 1.53. The quantitative estimate of drug-likeness (QED) is 0.918. The number of hydrogen-bond acceptors (Lipinski definition) is 4. The third-order valence-electron chi connectivity index (χ3n) is 5.07. The summed E-state index contributed by atoms with van der Waals surface area (Å²) in [6, 6.07) is 0.0107. The first-order valence-electron chi connectivity index (χ1n) is 7.61. The Morgan fingerprint density at radius 1 is 1.45 bits per heavy atom. The fourth-order valence-electron chi connectivity index (χ4n) is 3.76. The largest absolute Gasteiger partial charge is 0.492 e. The highest BCUT2D eigenvalue weighted by molar-refractivity contribution is 5.70. The number of allylic oxidation sites excluding steroid dienone is 1. The molecule has 1 heterocycles. The average molecular weight is 275 g/mol. The maximum absolute atomic E-state index is 10.6. The van der Waals surface area contributed by atoms with Gasteiger partial charge in [0, 0.05) is 5.41 Å². The van der Waals surface area contributed by atoms with Crippen molar-refractivity contribution in [3.05, 3.63) is 17.5 Å². The monoisotopic (exact) mass is 275 g/mol. The van der Waals surface area contributed by atoms with Crippen molar-refractivity contribution < 1.29 is 9.84 Å². The predicted octanol–water partition coefficient (Wildman–Crippen LogP) is 2.18. The van der Waals surface area contributed by atoms with Crippen LogP contribution in [-0.4, -0.2) is 32.3 Å². The number of nitrogens with zero attached hydrogens (tertiary/aromatic N) is 3. The summed E-state index contributed by atoms with van der Waals surface area (Å²) >= 11 is 0. The van der Waals surface area contributed by atoms with Gasteiger partial charge in [0.25, 0.3) is 0 Å². The van der Waals surface area contributed by atoms with E-state index in [0.29, 0.717) is 6.61 Å². The second kappa shape index (κ2) is 3.85. The smallest absolute Gasteiger partial charge is 0.143 e. The van der Waals surface area contributed by atoms with Crippen molar-refractivity contribution in [1.82, 2.24) is 15.0 Å². The predicted molar refractivity (Wildman–Crippen MR) is 74.0 cm³/mol. The van der Waals surface area contributed by atoms with Gasteiger partial charge >= 0.3 is 0 Å². The van der Waals surface area contributed by atoms with Gasteiger partial charge in [-0.15, -0.1) is 5.10 Å². The highest BCUT2D eigenvalue weighted by atomic mass is 16.5. The molecule has 2 atom stereocenters. The standard InChI is InChI=1S/C15H21N3O2/c1-3-20-10-9-15(7-8-15)13-12(10)18(17-16-13)11-5-4-6-14(11,2)19/h9,11,19H,3-8H2,1-2H3/t11-,14-/m1/s1. The molecule has 0 aliphatic heterocycles. The Kier molecular flexibility index (Phi) is 2.38. The van der Waals surface area contributed by atoms with Crippen molar-refractivity contribution in [3.63, 3.8) is 0 Å². The first-order chi connectivity index (χ1) is 9.57. The molecule has 108 valence electrons. The molecule has 2 saturated carbocycles. The van der Waals surface area contributed by atoms with E-state index in [1.165, 1.54) is 0 Å².